The van der Waals surface area contributed by atoms with E-state index in [0.29, 0.717) is 23.5 Å². The minimum absolute atomic E-state index is 0.0743. The van der Waals surface area contributed by atoms with Gasteiger partial charge in [-0.3, -0.25) is 10.4 Å². The molecule has 1 atom stereocenters. The minimum atomic E-state index is -0.0743. The molecule has 0 bridgehead atoms. The highest BCUT2D eigenvalue weighted by Gasteiger charge is 2.33. The van der Waals surface area contributed by atoms with Gasteiger partial charge in [-0.15, -0.1) is 0 Å². The molecule has 27 heavy (non-hydrogen) atoms. The molecule has 2 aromatic rings. The minimum Gasteiger partial charge on any atom is -0.398 e. The average Bonchev–Trinajstić information content (AvgIpc) is 3.06. The molecule has 1 aromatic carbocycles. The molecule has 1 fully saturated rings. The molecular formula is C20H24N6O. The second-order valence-corrected chi connectivity index (χ2v) is 7.42. The maximum atomic E-state index is 12.5. The number of nitrogens with zero attached hydrogens (tertiary/aromatic N) is 3. The van der Waals surface area contributed by atoms with Gasteiger partial charge in [-0.05, 0) is 56.8 Å². The van der Waals surface area contributed by atoms with Gasteiger partial charge in [-0.2, -0.15) is 0 Å². The zero-order chi connectivity index (χ0) is 19.1. The molecule has 4 N–H and O–H groups in total. The highest BCUT2D eigenvalue weighted by atomic mass is 16.2. The Labute approximate surface area is 158 Å². The lowest BCUT2D eigenvalue weighted by Crippen LogP contribution is -2.46. The summed E-state index contributed by atoms with van der Waals surface area (Å²) in [4.78, 5) is 20.9. The fourth-order valence-corrected chi connectivity index (χ4v) is 3.88. The van der Waals surface area contributed by atoms with E-state index < -0.39 is 0 Å². The van der Waals surface area contributed by atoms with Gasteiger partial charge in [-0.1, -0.05) is 0 Å². The number of nitrogen functional groups attached to an aromatic ring is 1. The van der Waals surface area contributed by atoms with Gasteiger partial charge >= 0.3 is 6.03 Å². The standard InChI is InChI=1S/C20H24N6O/c1-12-7-13(3-5-23-12)19(22)16-8-14-10-26(15-4-6-25(2)11-15)20(27)24-18(14)9-17(16)21/h3,5,7-9,15,22H,4,6,10-11,21H2,1-2H3,(H,24,27). The first-order valence-electron chi connectivity index (χ1n) is 9.13. The Hall–Kier alpha value is -2.93. The molecule has 3 heterocycles. The molecule has 0 aliphatic carbocycles. The van der Waals surface area contributed by atoms with Crippen molar-refractivity contribution in [2.24, 2.45) is 0 Å². The Morgan fingerprint density at radius 2 is 2.19 bits per heavy atom. The molecule has 140 valence electrons. The number of hydrogen-bond donors (Lipinski definition) is 3. The molecule has 0 radical (unpaired) electrons. The molecule has 0 spiro atoms. The summed E-state index contributed by atoms with van der Waals surface area (Å²) in [6.45, 7) is 4.33. The van der Waals surface area contributed by atoms with E-state index in [9.17, 15) is 4.79 Å². The Kier molecular flexibility index (Phi) is 4.31. The first-order valence-corrected chi connectivity index (χ1v) is 9.13. The van der Waals surface area contributed by atoms with Crippen LogP contribution in [0.25, 0.3) is 0 Å². The normalized spacial score (nSPS) is 19.7. The fraction of sp³-hybridized carbons (Fsp3) is 0.350. The lowest BCUT2D eigenvalue weighted by molar-refractivity contribution is 0.181. The maximum Gasteiger partial charge on any atom is 0.322 e. The number of benzene rings is 1. The van der Waals surface area contributed by atoms with Crippen LogP contribution in [-0.2, 0) is 6.54 Å². The van der Waals surface area contributed by atoms with Crippen LogP contribution in [-0.4, -0.2) is 52.7 Å². The van der Waals surface area contributed by atoms with E-state index >= 15 is 0 Å². The second kappa shape index (κ2) is 6.66. The highest BCUT2D eigenvalue weighted by molar-refractivity contribution is 6.14. The van der Waals surface area contributed by atoms with Gasteiger partial charge in [0.1, 0.15) is 0 Å². The van der Waals surface area contributed by atoms with Crippen molar-refractivity contribution in [3.63, 3.8) is 0 Å². The number of aryl methyl sites for hydroxylation is 1. The number of nitrogens with one attached hydrogen (secondary N) is 2. The number of urea groups is 1. The van der Waals surface area contributed by atoms with Crippen molar-refractivity contribution < 1.29 is 4.79 Å². The quantitative estimate of drug-likeness (QED) is 0.575. The van der Waals surface area contributed by atoms with Crippen LogP contribution in [0, 0.1) is 12.3 Å². The highest BCUT2D eigenvalue weighted by Crippen LogP contribution is 2.31. The number of likely N-dealkylation sites (tertiary alicyclic amines) is 1. The van der Waals surface area contributed by atoms with Crippen LogP contribution in [0.1, 0.15) is 28.8 Å². The van der Waals surface area contributed by atoms with Crippen LogP contribution in [0.5, 0.6) is 0 Å². The molecule has 0 saturated carbocycles. The van der Waals surface area contributed by atoms with Gasteiger partial charge in [0.05, 0.1) is 5.71 Å². The SMILES string of the molecule is Cc1cc(C(=N)c2cc3c(cc2N)NC(=O)N(C2CCN(C)C2)C3)ccn1. The van der Waals surface area contributed by atoms with Gasteiger partial charge < -0.3 is 20.9 Å². The van der Waals surface area contributed by atoms with Crippen LogP contribution in [0.3, 0.4) is 0 Å². The van der Waals surface area contributed by atoms with Gasteiger partial charge in [0.25, 0.3) is 0 Å². The maximum absolute atomic E-state index is 12.5. The predicted octanol–water partition coefficient (Wildman–Crippen LogP) is 2.44. The topological polar surface area (TPSA) is 98.3 Å². The number of amides is 2. The van der Waals surface area contributed by atoms with E-state index in [1.807, 2.05) is 30.0 Å². The summed E-state index contributed by atoms with van der Waals surface area (Å²) in [7, 11) is 2.08. The molecule has 7 heteroatoms. The van der Waals surface area contributed by atoms with Gasteiger partial charge in [0.15, 0.2) is 0 Å². The first kappa shape index (κ1) is 17.5. The van der Waals surface area contributed by atoms with Crippen molar-refractivity contribution >= 4 is 23.1 Å². The van der Waals surface area contributed by atoms with E-state index in [-0.39, 0.29) is 12.1 Å². The average molecular weight is 364 g/mol. The van der Waals surface area contributed by atoms with Gasteiger partial charge in [0.2, 0.25) is 0 Å². The first-order chi connectivity index (χ1) is 12.9. The molecule has 2 aliphatic rings. The Balaban J connectivity index is 1.66. The molecule has 1 saturated heterocycles. The lowest BCUT2D eigenvalue weighted by Gasteiger charge is -2.34. The summed E-state index contributed by atoms with van der Waals surface area (Å²) < 4.78 is 0. The number of rotatable bonds is 3. The molecule has 2 aliphatic heterocycles. The third kappa shape index (κ3) is 3.26. The van der Waals surface area contributed by atoms with Crippen LogP contribution in [0.15, 0.2) is 30.5 Å². The molecule has 4 rings (SSSR count). The number of fused-ring (bicyclic) bond motifs is 1. The Bertz CT molecular complexity index is 925. The van der Waals surface area contributed by atoms with Crippen molar-refractivity contribution in [1.29, 1.82) is 5.41 Å². The van der Waals surface area contributed by atoms with Gasteiger partial charge in [-0.25, -0.2) is 4.79 Å². The summed E-state index contributed by atoms with van der Waals surface area (Å²) in [6, 6.07) is 7.54. The third-order valence-electron chi connectivity index (χ3n) is 5.38. The van der Waals surface area contributed by atoms with Crippen LogP contribution in [0.4, 0.5) is 16.2 Å². The molecule has 1 aromatic heterocycles. The third-order valence-corrected chi connectivity index (χ3v) is 5.38. The molecule has 7 nitrogen and oxygen atoms in total. The molecule has 2 amide bonds. The summed E-state index contributed by atoms with van der Waals surface area (Å²) in [6.07, 6.45) is 2.68. The van der Waals surface area contributed by atoms with Crippen molar-refractivity contribution in [3.8, 4) is 0 Å². The smallest absolute Gasteiger partial charge is 0.322 e. The summed E-state index contributed by atoms with van der Waals surface area (Å²) in [5.41, 5.74) is 11.1. The Morgan fingerprint density at radius 3 is 2.89 bits per heavy atom. The number of nitrogens with two attached hydrogens (primary N) is 1. The second-order valence-electron chi connectivity index (χ2n) is 7.42. The van der Waals surface area contributed by atoms with Crippen LogP contribution in [0.2, 0.25) is 0 Å². The van der Waals surface area contributed by atoms with E-state index in [0.717, 1.165) is 42.0 Å². The largest absolute Gasteiger partial charge is 0.398 e. The number of aromatic nitrogens is 1. The summed E-state index contributed by atoms with van der Waals surface area (Å²) in [5.74, 6) is 0. The zero-order valence-electron chi connectivity index (χ0n) is 15.6. The van der Waals surface area contributed by atoms with Crippen molar-refractivity contribution in [1.82, 2.24) is 14.8 Å². The lowest BCUT2D eigenvalue weighted by atomic mass is 9.96. The number of carbonyl (C=O) groups is 1. The van der Waals surface area contributed by atoms with Crippen molar-refractivity contribution in [3.05, 3.63) is 52.8 Å². The summed E-state index contributed by atoms with van der Waals surface area (Å²) >= 11 is 0. The number of carbonyl (C=O) groups excluding carboxylic acids is 1. The summed E-state index contributed by atoms with van der Waals surface area (Å²) in [5, 5.41) is 11.6. The monoisotopic (exact) mass is 364 g/mol. The Morgan fingerprint density at radius 1 is 1.37 bits per heavy atom. The van der Waals surface area contributed by atoms with E-state index in [4.69, 9.17) is 11.1 Å². The predicted molar refractivity (Wildman–Crippen MR) is 106 cm³/mol. The van der Waals surface area contributed by atoms with Crippen LogP contribution >= 0.6 is 0 Å². The van der Waals surface area contributed by atoms with Gasteiger partial charge in [0, 0.05) is 53.5 Å². The van der Waals surface area contributed by atoms with Crippen molar-refractivity contribution in [2.45, 2.75) is 25.9 Å². The number of likely N-dealkylation sites (N-methyl/N-ethyl adjacent to an activating group) is 1. The van der Waals surface area contributed by atoms with E-state index in [1.165, 1.54) is 0 Å². The number of pyridine rings is 1. The molecular weight excluding hydrogens is 340 g/mol. The van der Waals surface area contributed by atoms with Crippen LogP contribution < -0.4 is 11.1 Å². The van der Waals surface area contributed by atoms with Crippen molar-refractivity contribution in [2.75, 3.05) is 31.2 Å². The number of anilines is 2. The fourth-order valence-electron chi connectivity index (χ4n) is 3.88. The van der Waals surface area contributed by atoms with E-state index in [1.54, 1.807) is 12.3 Å². The van der Waals surface area contributed by atoms with E-state index in [2.05, 4.69) is 22.2 Å². The zero-order valence-corrected chi connectivity index (χ0v) is 15.6. The number of hydrogen-bond acceptors (Lipinski definition) is 5. The molecule has 1 unspecified atom stereocenters.